The Bertz CT molecular complexity index is 1170. The van der Waals surface area contributed by atoms with E-state index in [1.807, 2.05) is 36.6 Å². The second-order valence-electron chi connectivity index (χ2n) is 8.02. The molecule has 1 saturated carbocycles. The van der Waals surface area contributed by atoms with E-state index < -0.39 is 11.5 Å². The highest BCUT2D eigenvalue weighted by Gasteiger charge is 2.43. The van der Waals surface area contributed by atoms with Crippen LogP contribution < -0.4 is 10.9 Å². The van der Waals surface area contributed by atoms with E-state index in [9.17, 15) is 14.4 Å². The molecule has 0 unspecified atom stereocenters. The zero-order valence-corrected chi connectivity index (χ0v) is 18.5. The lowest BCUT2D eigenvalue weighted by molar-refractivity contribution is -0.150. The summed E-state index contributed by atoms with van der Waals surface area (Å²) in [6, 6.07) is 8.01. The van der Waals surface area contributed by atoms with E-state index in [0.29, 0.717) is 23.1 Å². The molecule has 1 N–H and O–H groups in total. The van der Waals surface area contributed by atoms with E-state index in [1.165, 1.54) is 29.3 Å². The first-order chi connectivity index (χ1) is 14.9. The third-order valence-corrected chi connectivity index (χ3v) is 6.80. The Balaban J connectivity index is 1.54. The molecule has 8 heteroatoms. The van der Waals surface area contributed by atoms with Crippen molar-refractivity contribution in [3.8, 4) is 11.1 Å². The number of esters is 1. The lowest BCUT2D eigenvalue weighted by atomic mass is 9.97. The van der Waals surface area contributed by atoms with Crippen LogP contribution in [0.15, 0.2) is 40.8 Å². The van der Waals surface area contributed by atoms with Crippen LogP contribution in [0.4, 0.5) is 0 Å². The summed E-state index contributed by atoms with van der Waals surface area (Å²) in [5.41, 5.74) is 1.86. The molecule has 2 heterocycles. The number of amides is 1. The van der Waals surface area contributed by atoms with Gasteiger partial charge in [-0.3, -0.25) is 14.2 Å². The van der Waals surface area contributed by atoms with Crippen LogP contribution >= 0.6 is 11.3 Å². The number of carbonyl (C=O) groups is 2. The largest absolute Gasteiger partial charge is 0.467 e. The number of rotatable bonds is 6. The van der Waals surface area contributed by atoms with E-state index in [-0.39, 0.29) is 24.4 Å². The third kappa shape index (κ3) is 4.12. The second-order valence-corrected chi connectivity index (χ2v) is 8.88. The van der Waals surface area contributed by atoms with Gasteiger partial charge in [-0.1, -0.05) is 42.7 Å². The number of hydrogen-bond donors (Lipinski definition) is 1. The van der Waals surface area contributed by atoms with Crippen LogP contribution in [0.2, 0.25) is 0 Å². The summed E-state index contributed by atoms with van der Waals surface area (Å²) < 4.78 is 6.37. The van der Waals surface area contributed by atoms with Crippen molar-refractivity contribution in [1.29, 1.82) is 0 Å². The van der Waals surface area contributed by atoms with Gasteiger partial charge < -0.3 is 10.1 Å². The summed E-state index contributed by atoms with van der Waals surface area (Å²) in [7, 11) is 1.33. The fourth-order valence-electron chi connectivity index (χ4n) is 4.18. The Hall–Kier alpha value is -3.00. The van der Waals surface area contributed by atoms with Crippen molar-refractivity contribution >= 4 is 33.4 Å². The fraction of sp³-hybridized carbons (Fsp3) is 0.391. The van der Waals surface area contributed by atoms with E-state index in [1.54, 1.807) is 0 Å². The van der Waals surface area contributed by atoms with Crippen molar-refractivity contribution in [1.82, 2.24) is 14.9 Å². The molecule has 0 aliphatic heterocycles. The van der Waals surface area contributed by atoms with Crippen molar-refractivity contribution in [3.05, 3.63) is 51.9 Å². The van der Waals surface area contributed by atoms with Gasteiger partial charge in [0.1, 0.15) is 10.4 Å². The highest BCUT2D eigenvalue weighted by atomic mass is 32.1. The molecule has 0 radical (unpaired) electrons. The van der Waals surface area contributed by atoms with Gasteiger partial charge in [0.2, 0.25) is 5.91 Å². The summed E-state index contributed by atoms with van der Waals surface area (Å²) in [6.45, 7) is 2.21. The number of nitrogens with one attached hydrogen (secondary N) is 1. The summed E-state index contributed by atoms with van der Waals surface area (Å²) in [4.78, 5) is 43.0. The van der Waals surface area contributed by atoms with Gasteiger partial charge in [0, 0.05) is 23.9 Å². The molecule has 1 amide bonds. The van der Waals surface area contributed by atoms with E-state index in [2.05, 4.69) is 10.3 Å². The number of benzene rings is 1. The number of carbonyl (C=O) groups excluding carboxylic acids is 2. The Morgan fingerprint density at radius 3 is 2.61 bits per heavy atom. The minimum absolute atomic E-state index is 0.0792. The van der Waals surface area contributed by atoms with Gasteiger partial charge in [-0.05, 0) is 25.3 Å². The lowest BCUT2D eigenvalue weighted by Crippen LogP contribution is -2.53. The highest BCUT2D eigenvalue weighted by molar-refractivity contribution is 7.17. The molecule has 0 atom stereocenters. The minimum atomic E-state index is -0.940. The number of ether oxygens (including phenoxy) is 1. The molecule has 1 aromatic carbocycles. The summed E-state index contributed by atoms with van der Waals surface area (Å²) in [6.07, 6.45) is 4.46. The SMILES string of the molecule is COC(=O)C1(NC(=O)CCn2cnc3scc(-c4ccc(C)cc4)c3c2=O)CCCC1. The summed E-state index contributed by atoms with van der Waals surface area (Å²) in [5, 5.41) is 5.37. The van der Waals surface area contributed by atoms with Gasteiger partial charge >= 0.3 is 5.97 Å². The van der Waals surface area contributed by atoms with Crippen LogP contribution in [0.1, 0.15) is 37.7 Å². The lowest BCUT2D eigenvalue weighted by Gasteiger charge is -2.27. The van der Waals surface area contributed by atoms with Crippen LogP contribution in [0.5, 0.6) is 0 Å². The van der Waals surface area contributed by atoms with E-state index >= 15 is 0 Å². The minimum Gasteiger partial charge on any atom is -0.467 e. The molecule has 0 saturated heterocycles. The van der Waals surface area contributed by atoms with Gasteiger partial charge in [-0.15, -0.1) is 11.3 Å². The average Bonchev–Trinajstić information content (AvgIpc) is 3.41. The molecule has 7 nitrogen and oxygen atoms in total. The maximum absolute atomic E-state index is 13.1. The molecule has 2 aromatic heterocycles. The molecule has 162 valence electrons. The number of nitrogens with zero attached hydrogens (tertiary/aromatic N) is 2. The van der Waals surface area contributed by atoms with E-state index in [4.69, 9.17) is 4.74 Å². The van der Waals surface area contributed by atoms with Crippen molar-refractivity contribution < 1.29 is 14.3 Å². The molecule has 1 aliphatic carbocycles. The predicted molar refractivity (Wildman–Crippen MR) is 120 cm³/mol. The van der Waals surface area contributed by atoms with Crippen LogP contribution in [-0.2, 0) is 20.9 Å². The van der Waals surface area contributed by atoms with E-state index in [0.717, 1.165) is 29.5 Å². The molecule has 3 aromatic rings. The van der Waals surface area contributed by atoms with Gasteiger partial charge in [-0.25, -0.2) is 9.78 Å². The fourth-order valence-corrected chi connectivity index (χ4v) is 5.08. The molecular weight excluding hydrogens is 414 g/mol. The molecule has 0 spiro atoms. The average molecular weight is 440 g/mol. The van der Waals surface area contributed by atoms with Crippen molar-refractivity contribution in [2.75, 3.05) is 7.11 Å². The molecule has 0 bridgehead atoms. The first-order valence-electron chi connectivity index (χ1n) is 10.4. The van der Waals surface area contributed by atoms with Crippen molar-refractivity contribution in [3.63, 3.8) is 0 Å². The number of thiophene rings is 1. The molecule has 31 heavy (non-hydrogen) atoms. The number of aryl methyl sites for hydroxylation is 2. The Kier molecular flexibility index (Phi) is 5.91. The van der Waals surface area contributed by atoms with Crippen LogP contribution in [-0.4, -0.2) is 34.1 Å². The number of aromatic nitrogens is 2. The first-order valence-corrected chi connectivity index (χ1v) is 11.2. The number of hydrogen-bond acceptors (Lipinski definition) is 6. The Labute approximate surface area is 184 Å². The van der Waals surface area contributed by atoms with Gasteiger partial charge in [0.05, 0.1) is 18.8 Å². The Morgan fingerprint density at radius 1 is 1.23 bits per heavy atom. The zero-order valence-electron chi connectivity index (χ0n) is 17.6. The van der Waals surface area contributed by atoms with Crippen LogP contribution in [0.25, 0.3) is 21.3 Å². The van der Waals surface area contributed by atoms with Crippen molar-refractivity contribution in [2.45, 2.75) is 51.1 Å². The smallest absolute Gasteiger partial charge is 0.331 e. The monoisotopic (exact) mass is 439 g/mol. The standard InChI is InChI=1S/C23H25N3O4S/c1-15-5-7-16(8-6-15)17-13-31-20-19(17)21(28)26(14-24-20)12-9-18(27)25-23(22(29)30-2)10-3-4-11-23/h5-8,13-14H,3-4,9-12H2,1-2H3,(H,25,27). The van der Waals surface area contributed by atoms with Crippen LogP contribution in [0, 0.1) is 6.92 Å². The highest BCUT2D eigenvalue weighted by Crippen LogP contribution is 2.32. The molecule has 1 fully saturated rings. The maximum Gasteiger partial charge on any atom is 0.331 e. The van der Waals surface area contributed by atoms with Crippen LogP contribution in [0.3, 0.4) is 0 Å². The topological polar surface area (TPSA) is 90.3 Å². The Morgan fingerprint density at radius 2 is 1.94 bits per heavy atom. The van der Waals surface area contributed by atoms with Gasteiger partial charge in [-0.2, -0.15) is 0 Å². The zero-order chi connectivity index (χ0) is 22.0. The molecule has 1 aliphatic rings. The number of fused-ring (bicyclic) bond motifs is 1. The maximum atomic E-state index is 13.1. The summed E-state index contributed by atoms with van der Waals surface area (Å²) >= 11 is 1.43. The molecule has 4 rings (SSSR count). The third-order valence-electron chi connectivity index (χ3n) is 5.91. The molecular formula is C23H25N3O4S. The quantitative estimate of drug-likeness (QED) is 0.595. The summed E-state index contributed by atoms with van der Waals surface area (Å²) in [5.74, 6) is -0.678. The second kappa shape index (κ2) is 8.63. The normalized spacial score (nSPS) is 15.2. The van der Waals surface area contributed by atoms with Gasteiger partial charge in [0.25, 0.3) is 5.56 Å². The number of methoxy groups -OCH3 is 1. The van der Waals surface area contributed by atoms with Crippen molar-refractivity contribution in [2.24, 2.45) is 0 Å². The predicted octanol–water partition coefficient (Wildman–Crippen LogP) is 3.43. The first kappa shape index (κ1) is 21.2. The van der Waals surface area contributed by atoms with Gasteiger partial charge in [0.15, 0.2) is 0 Å².